The second-order valence-corrected chi connectivity index (χ2v) is 9.99. The quantitative estimate of drug-likeness (QED) is 0.776. The maximum absolute atomic E-state index is 12.4. The minimum absolute atomic E-state index is 0.121. The molecule has 1 fully saturated rings. The zero-order chi connectivity index (χ0) is 16.1. The first kappa shape index (κ1) is 18.1. The number of hydrogen-bond acceptors (Lipinski definition) is 6. The normalized spacial score (nSPS) is 26.6. The van der Waals surface area contributed by atoms with Crippen LogP contribution in [0.15, 0.2) is 8.68 Å². The summed E-state index contributed by atoms with van der Waals surface area (Å²) in [7, 11) is 0. The predicted octanol–water partition coefficient (Wildman–Crippen LogP) is 4.07. The first-order chi connectivity index (χ1) is 10.5. The van der Waals surface area contributed by atoms with Gasteiger partial charge >= 0.3 is 0 Å². The Bertz CT molecular complexity index is 494. The Kier molecular flexibility index (Phi) is 7.02. The van der Waals surface area contributed by atoms with Crippen LogP contribution in [-0.4, -0.2) is 33.1 Å². The van der Waals surface area contributed by atoms with Gasteiger partial charge in [0.1, 0.15) is 0 Å². The molecule has 0 bridgehead atoms. The van der Waals surface area contributed by atoms with Crippen molar-refractivity contribution in [2.45, 2.75) is 66.9 Å². The van der Waals surface area contributed by atoms with Crippen LogP contribution in [0.2, 0.25) is 0 Å². The van der Waals surface area contributed by atoms with Gasteiger partial charge in [-0.2, -0.15) is 0 Å². The Morgan fingerprint density at radius 1 is 1.36 bits per heavy atom. The molecule has 1 heterocycles. The third kappa shape index (κ3) is 4.86. The molecule has 0 aromatic carbocycles. The second-order valence-electron chi connectivity index (χ2n) is 5.91. The summed E-state index contributed by atoms with van der Waals surface area (Å²) in [4.78, 5) is 12.4. The number of hydrogen-bond donors (Lipinski definition) is 1. The van der Waals surface area contributed by atoms with E-state index in [4.69, 9.17) is 0 Å². The second kappa shape index (κ2) is 8.55. The fraction of sp³-hybridized carbons (Fsp3) is 0.800. The van der Waals surface area contributed by atoms with Crippen LogP contribution >= 0.6 is 34.9 Å². The van der Waals surface area contributed by atoms with Gasteiger partial charge in [0.25, 0.3) is 0 Å². The van der Waals surface area contributed by atoms with Gasteiger partial charge in [-0.15, -0.1) is 10.2 Å². The van der Waals surface area contributed by atoms with Crippen LogP contribution in [0.1, 0.15) is 47.0 Å². The lowest BCUT2D eigenvalue weighted by atomic mass is 9.78. The first-order valence-corrected chi connectivity index (χ1v) is 10.6. The monoisotopic (exact) mass is 359 g/mol. The molecule has 1 saturated carbocycles. The average Bonchev–Trinajstić information content (AvgIpc) is 2.91. The standard InChI is InChI=1S/C15H25N3OS3/c1-5-20-14-17-18-15(22-14)21-11(4)13(19)16-12-8-6-7-9(2)10(12)3/h9-12H,5-8H2,1-4H3,(H,16,19)/t9-,10-,11+,12-/m0/s1. The predicted molar refractivity (Wildman–Crippen MR) is 95.7 cm³/mol. The molecule has 0 unspecified atom stereocenters. The van der Waals surface area contributed by atoms with E-state index in [-0.39, 0.29) is 11.2 Å². The number of nitrogens with one attached hydrogen (secondary N) is 1. The minimum atomic E-state index is -0.128. The molecule has 4 atom stereocenters. The van der Waals surface area contributed by atoms with E-state index in [0.29, 0.717) is 17.9 Å². The summed E-state index contributed by atoms with van der Waals surface area (Å²) in [6.45, 7) is 8.59. The van der Waals surface area contributed by atoms with Crippen molar-refractivity contribution in [1.82, 2.24) is 15.5 Å². The van der Waals surface area contributed by atoms with E-state index in [1.54, 1.807) is 23.1 Å². The summed E-state index contributed by atoms with van der Waals surface area (Å²) < 4.78 is 1.86. The highest BCUT2D eigenvalue weighted by Gasteiger charge is 2.29. The van der Waals surface area contributed by atoms with Gasteiger partial charge in [0.2, 0.25) is 5.91 Å². The molecular weight excluding hydrogens is 334 g/mol. The summed E-state index contributed by atoms with van der Waals surface area (Å²) in [5.74, 6) is 2.37. The average molecular weight is 360 g/mol. The minimum Gasteiger partial charge on any atom is -0.352 e. The number of rotatable bonds is 6. The van der Waals surface area contributed by atoms with Crippen molar-refractivity contribution < 1.29 is 4.79 Å². The molecule has 124 valence electrons. The van der Waals surface area contributed by atoms with Crippen LogP contribution < -0.4 is 5.32 Å². The molecule has 1 aliphatic carbocycles. The van der Waals surface area contributed by atoms with E-state index in [0.717, 1.165) is 20.9 Å². The highest BCUT2D eigenvalue weighted by atomic mass is 32.2. The van der Waals surface area contributed by atoms with Crippen LogP contribution in [0.3, 0.4) is 0 Å². The maximum atomic E-state index is 12.4. The summed E-state index contributed by atoms with van der Waals surface area (Å²) in [5.41, 5.74) is 0. The van der Waals surface area contributed by atoms with Gasteiger partial charge in [0.05, 0.1) is 5.25 Å². The number of aromatic nitrogens is 2. The third-order valence-corrected chi connectivity index (χ3v) is 7.46. The zero-order valence-corrected chi connectivity index (χ0v) is 16.1. The van der Waals surface area contributed by atoms with Crippen LogP contribution in [-0.2, 0) is 4.79 Å². The lowest BCUT2D eigenvalue weighted by molar-refractivity contribution is -0.121. The van der Waals surface area contributed by atoms with Crippen LogP contribution in [0.25, 0.3) is 0 Å². The number of carbonyl (C=O) groups is 1. The molecule has 2 rings (SSSR count). The van der Waals surface area contributed by atoms with Crippen molar-refractivity contribution >= 4 is 40.8 Å². The van der Waals surface area contributed by atoms with Gasteiger partial charge in [-0.25, -0.2) is 0 Å². The van der Waals surface area contributed by atoms with Gasteiger partial charge in [-0.05, 0) is 30.9 Å². The molecule has 1 N–H and O–H groups in total. The molecule has 0 spiro atoms. The van der Waals surface area contributed by atoms with E-state index in [1.807, 2.05) is 6.92 Å². The largest absolute Gasteiger partial charge is 0.352 e. The summed E-state index contributed by atoms with van der Waals surface area (Å²) >= 11 is 4.77. The van der Waals surface area contributed by atoms with Gasteiger partial charge in [0, 0.05) is 6.04 Å². The number of nitrogens with zero attached hydrogens (tertiary/aromatic N) is 2. The van der Waals surface area contributed by atoms with Gasteiger partial charge < -0.3 is 5.32 Å². The fourth-order valence-corrected chi connectivity index (χ4v) is 5.79. The molecule has 1 aromatic heterocycles. The zero-order valence-electron chi connectivity index (χ0n) is 13.7. The molecule has 1 aromatic rings. The van der Waals surface area contributed by atoms with Crippen molar-refractivity contribution in [3.8, 4) is 0 Å². The molecule has 7 heteroatoms. The highest BCUT2D eigenvalue weighted by molar-refractivity contribution is 8.03. The van der Waals surface area contributed by atoms with Crippen LogP contribution in [0.4, 0.5) is 0 Å². The lowest BCUT2D eigenvalue weighted by Gasteiger charge is -2.35. The van der Waals surface area contributed by atoms with Crippen LogP contribution in [0, 0.1) is 11.8 Å². The summed E-state index contributed by atoms with van der Waals surface area (Å²) in [6, 6.07) is 0.319. The topological polar surface area (TPSA) is 54.9 Å². The molecule has 0 saturated heterocycles. The fourth-order valence-electron chi connectivity index (χ4n) is 2.72. The number of amides is 1. The number of carbonyl (C=O) groups excluding carboxylic acids is 1. The molecular formula is C15H25N3OS3. The maximum Gasteiger partial charge on any atom is 0.233 e. The van der Waals surface area contributed by atoms with E-state index >= 15 is 0 Å². The Labute approximate surface area is 145 Å². The molecule has 0 aliphatic heterocycles. The van der Waals surface area contributed by atoms with Gasteiger partial charge in [-0.3, -0.25) is 4.79 Å². The van der Waals surface area contributed by atoms with E-state index in [9.17, 15) is 4.79 Å². The van der Waals surface area contributed by atoms with E-state index in [1.165, 1.54) is 24.6 Å². The Hall–Kier alpha value is -0.270. The third-order valence-electron chi connectivity index (χ3n) is 4.34. The highest BCUT2D eigenvalue weighted by Crippen LogP contribution is 2.32. The van der Waals surface area contributed by atoms with Crippen LogP contribution in [0.5, 0.6) is 0 Å². The first-order valence-electron chi connectivity index (χ1n) is 7.94. The van der Waals surface area contributed by atoms with Crippen molar-refractivity contribution in [2.75, 3.05) is 5.75 Å². The Morgan fingerprint density at radius 2 is 2.09 bits per heavy atom. The molecule has 0 radical (unpaired) electrons. The Balaban J connectivity index is 1.85. The van der Waals surface area contributed by atoms with E-state index < -0.39 is 0 Å². The lowest BCUT2D eigenvalue weighted by Crippen LogP contribution is -2.46. The molecule has 1 amide bonds. The van der Waals surface area contributed by atoms with Crippen molar-refractivity contribution in [3.05, 3.63) is 0 Å². The van der Waals surface area contributed by atoms with Crippen molar-refractivity contribution in [2.24, 2.45) is 11.8 Å². The van der Waals surface area contributed by atoms with Gasteiger partial charge in [-0.1, -0.05) is 68.5 Å². The molecule has 22 heavy (non-hydrogen) atoms. The molecule has 1 aliphatic rings. The van der Waals surface area contributed by atoms with Gasteiger partial charge in [0.15, 0.2) is 8.68 Å². The van der Waals surface area contributed by atoms with Crippen molar-refractivity contribution in [3.63, 3.8) is 0 Å². The summed E-state index contributed by atoms with van der Waals surface area (Å²) in [6.07, 6.45) is 3.59. The number of thioether (sulfide) groups is 2. The van der Waals surface area contributed by atoms with Crippen molar-refractivity contribution in [1.29, 1.82) is 0 Å². The summed E-state index contributed by atoms with van der Waals surface area (Å²) in [5, 5.41) is 11.4. The Morgan fingerprint density at radius 3 is 2.82 bits per heavy atom. The SMILES string of the molecule is CCSc1nnc(S[C@H](C)C(=O)N[C@H]2CCC[C@H](C)[C@@H]2C)s1. The molecule has 4 nitrogen and oxygen atoms in total. The smallest absolute Gasteiger partial charge is 0.233 e. The van der Waals surface area contributed by atoms with E-state index in [2.05, 4.69) is 36.3 Å².